The van der Waals surface area contributed by atoms with Crippen molar-refractivity contribution in [1.82, 2.24) is 19.7 Å². The van der Waals surface area contributed by atoms with Crippen molar-refractivity contribution in [3.05, 3.63) is 36.7 Å². The number of rotatable bonds is 2. The Hall–Kier alpha value is -2.61. The van der Waals surface area contributed by atoms with Crippen LogP contribution in [0.5, 0.6) is 0 Å². The number of fused-ring (bicyclic) bond motifs is 1. The Morgan fingerprint density at radius 3 is 2.95 bits per heavy atom. The molecular weight excluding hydrogens is 276 g/mol. The van der Waals surface area contributed by atoms with Gasteiger partial charge in [0, 0.05) is 25.2 Å². The zero-order valence-electron chi connectivity index (χ0n) is 12.2. The number of pyridine rings is 1. The molecule has 2 aromatic heterocycles. The number of amides is 1. The van der Waals surface area contributed by atoms with Gasteiger partial charge in [-0.25, -0.2) is 9.67 Å². The second-order valence-electron chi connectivity index (χ2n) is 5.81. The van der Waals surface area contributed by atoms with Gasteiger partial charge in [-0.15, -0.1) is 0 Å². The van der Waals surface area contributed by atoms with Crippen LogP contribution in [0.1, 0.15) is 24.6 Å². The molecule has 1 aliphatic heterocycles. The lowest BCUT2D eigenvalue weighted by molar-refractivity contribution is -0.131. The first-order valence-corrected chi connectivity index (χ1v) is 7.52. The van der Waals surface area contributed by atoms with Crippen LogP contribution in [0.15, 0.2) is 31.0 Å². The summed E-state index contributed by atoms with van der Waals surface area (Å²) in [5.41, 5.74) is 1.64. The zero-order valence-corrected chi connectivity index (χ0v) is 12.2. The summed E-state index contributed by atoms with van der Waals surface area (Å²) in [6, 6.07) is 4.08. The van der Waals surface area contributed by atoms with Gasteiger partial charge in [-0.3, -0.25) is 4.79 Å². The summed E-state index contributed by atoms with van der Waals surface area (Å²) in [7, 11) is 0. The van der Waals surface area contributed by atoms with Crippen molar-refractivity contribution in [1.29, 1.82) is 0 Å². The molecule has 1 saturated carbocycles. The number of hydrogen-bond donors (Lipinski definition) is 0. The number of aromatic nitrogens is 3. The Balaban J connectivity index is 1.66. The molecule has 1 saturated heterocycles. The fourth-order valence-corrected chi connectivity index (χ4v) is 2.64. The Labute approximate surface area is 128 Å². The van der Waals surface area contributed by atoms with Crippen LogP contribution in [0, 0.1) is 17.8 Å². The third kappa shape index (κ3) is 2.17. The summed E-state index contributed by atoms with van der Waals surface area (Å²) in [6.45, 7) is 4.81. The van der Waals surface area contributed by atoms with Crippen LogP contribution < -0.4 is 0 Å². The molecule has 5 heteroatoms. The molecule has 0 spiro atoms. The molecule has 5 nitrogen and oxygen atoms in total. The van der Waals surface area contributed by atoms with Crippen molar-refractivity contribution in [2.75, 3.05) is 13.1 Å². The predicted octanol–water partition coefficient (Wildman–Crippen LogP) is 1.76. The summed E-state index contributed by atoms with van der Waals surface area (Å²) in [5, 5.41) is 5.64. The van der Waals surface area contributed by atoms with E-state index in [2.05, 4.69) is 28.5 Å². The van der Waals surface area contributed by atoms with Gasteiger partial charge in [0.2, 0.25) is 5.91 Å². The van der Waals surface area contributed by atoms with Crippen molar-refractivity contribution in [2.45, 2.75) is 18.9 Å². The molecule has 3 heterocycles. The van der Waals surface area contributed by atoms with E-state index >= 15 is 0 Å². The normalized spacial score (nSPS) is 17.7. The summed E-state index contributed by atoms with van der Waals surface area (Å²) in [5.74, 6) is 6.97. The van der Waals surface area contributed by atoms with Gasteiger partial charge in [0.1, 0.15) is 5.69 Å². The molecule has 2 fully saturated rings. The second-order valence-corrected chi connectivity index (χ2v) is 5.81. The van der Waals surface area contributed by atoms with E-state index < -0.39 is 0 Å². The standard InChI is InChI=1S/C17H16N4O/c1-2-16(22)20-10-13(11-20)21-17-14(4-3-9-18-17)15(19-21)8-7-12-5-6-12/h2-4,9,12-13H,1,5-6,10-11H2. The molecule has 110 valence electrons. The van der Waals surface area contributed by atoms with Crippen molar-refractivity contribution >= 4 is 16.9 Å². The zero-order chi connectivity index (χ0) is 15.1. The Morgan fingerprint density at radius 1 is 1.41 bits per heavy atom. The number of likely N-dealkylation sites (tertiary alicyclic amines) is 1. The van der Waals surface area contributed by atoms with E-state index in [-0.39, 0.29) is 11.9 Å². The summed E-state index contributed by atoms with van der Waals surface area (Å²) < 4.78 is 1.92. The van der Waals surface area contributed by atoms with Gasteiger partial charge >= 0.3 is 0 Å². The smallest absolute Gasteiger partial charge is 0.246 e. The van der Waals surface area contributed by atoms with E-state index in [0.29, 0.717) is 19.0 Å². The minimum atomic E-state index is -0.0329. The molecule has 1 amide bonds. The average molecular weight is 292 g/mol. The van der Waals surface area contributed by atoms with E-state index in [1.165, 1.54) is 18.9 Å². The number of nitrogens with zero attached hydrogens (tertiary/aromatic N) is 4. The lowest BCUT2D eigenvalue weighted by Crippen LogP contribution is -2.50. The first kappa shape index (κ1) is 13.1. The van der Waals surface area contributed by atoms with Crippen molar-refractivity contribution < 1.29 is 4.79 Å². The predicted molar refractivity (Wildman–Crippen MR) is 82.9 cm³/mol. The van der Waals surface area contributed by atoms with Crippen LogP contribution in [-0.4, -0.2) is 38.7 Å². The molecule has 0 atom stereocenters. The molecule has 0 aromatic carbocycles. The highest BCUT2D eigenvalue weighted by Crippen LogP contribution is 2.29. The first-order chi connectivity index (χ1) is 10.8. The van der Waals surface area contributed by atoms with Gasteiger partial charge in [0.05, 0.1) is 11.4 Å². The largest absolute Gasteiger partial charge is 0.335 e. The molecule has 0 bridgehead atoms. The van der Waals surface area contributed by atoms with Crippen molar-refractivity contribution in [3.8, 4) is 11.8 Å². The van der Waals surface area contributed by atoms with E-state index in [9.17, 15) is 4.79 Å². The Bertz CT molecular complexity index is 816. The third-order valence-corrected chi connectivity index (χ3v) is 4.13. The lowest BCUT2D eigenvalue weighted by atomic mass is 10.1. The molecule has 0 radical (unpaired) electrons. The van der Waals surface area contributed by atoms with Gasteiger partial charge in [0.15, 0.2) is 5.65 Å². The fourth-order valence-electron chi connectivity index (χ4n) is 2.64. The van der Waals surface area contributed by atoms with E-state index in [4.69, 9.17) is 0 Å². The fraction of sp³-hybridized carbons (Fsp3) is 0.353. The minimum absolute atomic E-state index is 0.0329. The molecule has 1 aliphatic carbocycles. The van der Waals surface area contributed by atoms with Crippen molar-refractivity contribution in [2.24, 2.45) is 5.92 Å². The number of carbonyl (C=O) groups excluding carboxylic acids is 1. The van der Waals surface area contributed by atoms with Crippen LogP contribution in [0.25, 0.3) is 11.0 Å². The summed E-state index contributed by atoms with van der Waals surface area (Å²) in [4.78, 5) is 17.8. The minimum Gasteiger partial charge on any atom is -0.335 e. The number of carbonyl (C=O) groups is 1. The second kappa shape index (κ2) is 4.99. The van der Waals surface area contributed by atoms with Crippen LogP contribution in [0.3, 0.4) is 0 Å². The van der Waals surface area contributed by atoms with Crippen LogP contribution in [0.2, 0.25) is 0 Å². The maximum atomic E-state index is 11.6. The molecule has 0 unspecified atom stereocenters. The van der Waals surface area contributed by atoms with Crippen LogP contribution in [0.4, 0.5) is 0 Å². The van der Waals surface area contributed by atoms with Crippen LogP contribution >= 0.6 is 0 Å². The Morgan fingerprint density at radius 2 is 2.23 bits per heavy atom. The van der Waals surface area contributed by atoms with Gasteiger partial charge < -0.3 is 4.90 Å². The molecule has 2 aliphatic rings. The van der Waals surface area contributed by atoms with Gasteiger partial charge in [0.25, 0.3) is 0 Å². The first-order valence-electron chi connectivity index (χ1n) is 7.52. The van der Waals surface area contributed by atoms with Gasteiger partial charge in [-0.2, -0.15) is 5.10 Å². The quantitative estimate of drug-likeness (QED) is 0.626. The molecule has 0 N–H and O–H groups in total. The van der Waals surface area contributed by atoms with Gasteiger partial charge in [-0.05, 0) is 37.0 Å². The van der Waals surface area contributed by atoms with E-state index in [1.54, 1.807) is 11.1 Å². The Kier molecular flexibility index (Phi) is 2.97. The van der Waals surface area contributed by atoms with E-state index in [0.717, 1.165) is 16.7 Å². The maximum Gasteiger partial charge on any atom is 0.246 e. The van der Waals surface area contributed by atoms with Crippen molar-refractivity contribution in [3.63, 3.8) is 0 Å². The summed E-state index contributed by atoms with van der Waals surface area (Å²) in [6.07, 6.45) is 5.52. The SMILES string of the molecule is C=CC(=O)N1CC(n2nc(C#CC3CC3)c3cccnc32)C1. The highest BCUT2D eigenvalue weighted by Gasteiger charge is 2.33. The molecule has 2 aromatic rings. The maximum absolute atomic E-state index is 11.6. The van der Waals surface area contributed by atoms with E-state index in [1.807, 2.05) is 16.8 Å². The third-order valence-electron chi connectivity index (χ3n) is 4.13. The average Bonchev–Trinajstić information content (AvgIpc) is 3.26. The molecule has 4 rings (SSSR count). The molecular formula is C17H16N4O. The molecule has 22 heavy (non-hydrogen) atoms. The number of hydrogen-bond acceptors (Lipinski definition) is 3. The monoisotopic (exact) mass is 292 g/mol. The van der Waals surface area contributed by atoms with Gasteiger partial charge in [-0.1, -0.05) is 12.5 Å². The highest BCUT2D eigenvalue weighted by atomic mass is 16.2. The topological polar surface area (TPSA) is 51.0 Å². The lowest BCUT2D eigenvalue weighted by Gasteiger charge is -2.38. The summed E-state index contributed by atoms with van der Waals surface area (Å²) >= 11 is 0. The highest BCUT2D eigenvalue weighted by molar-refractivity contribution is 5.88. The van der Waals surface area contributed by atoms with Crippen LogP contribution in [-0.2, 0) is 4.79 Å².